The molecule has 142 valence electrons. The lowest BCUT2D eigenvalue weighted by Gasteiger charge is -2.11. The SMILES string of the molecule is CCOCCOc1ccc(NCc2cccc(OCCC(C)C)c2)cc1. The minimum absolute atomic E-state index is 0.574. The van der Waals surface area contributed by atoms with Gasteiger partial charge in [0.25, 0.3) is 0 Å². The molecule has 2 aromatic carbocycles. The zero-order valence-corrected chi connectivity index (χ0v) is 16.2. The molecule has 2 aromatic rings. The van der Waals surface area contributed by atoms with Gasteiger partial charge in [-0.3, -0.25) is 0 Å². The third-order valence-electron chi connectivity index (χ3n) is 3.91. The van der Waals surface area contributed by atoms with Crippen LogP contribution in [0.1, 0.15) is 32.8 Å². The summed E-state index contributed by atoms with van der Waals surface area (Å²) in [6.45, 7) is 9.82. The number of anilines is 1. The summed E-state index contributed by atoms with van der Waals surface area (Å²) in [6, 6.07) is 16.2. The van der Waals surface area contributed by atoms with Crippen molar-refractivity contribution in [2.75, 3.05) is 31.7 Å². The van der Waals surface area contributed by atoms with Gasteiger partial charge in [0.2, 0.25) is 0 Å². The van der Waals surface area contributed by atoms with Crippen LogP contribution in [0.15, 0.2) is 48.5 Å². The van der Waals surface area contributed by atoms with Crippen molar-refractivity contribution in [2.45, 2.75) is 33.7 Å². The molecule has 0 fully saturated rings. The zero-order chi connectivity index (χ0) is 18.6. The Morgan fingerprint density at radius 2 is 1.65 bits per heavy atom. The topological polar surface area (TPSA) is 39.7 Å². The van der Waals surface area contributed by atoms with Gasteiger partial charge in [-0.05, 0) is 61.2 Å². The van der Waals surface area contributed by atoms with E-state index in [4.69, 9.17) is 14.2 Å². The van der Waals surface area contributed by atoms with Gasteiger partial charge in [0.05, 0.1) is 13.2 Å². The van der Waals surface area contributed by atoms with Gasteiger partial charge in [0, 0.05) is 18.8 Å². The monoisotopic (exact) mass is 357 g/mol. The van der Waals surface area contributed by atoms with Gasteiger partial charge in [-0.2, -0.15) is 0 Å². The fraction of sp³-hybridized carbons (Fsp3) is 0.455. The highest BCUT2D eigenvalue weighted by Crippen LogP contribution is 2.18. The molecule has 0 aliphatic rings. The molecule has 4 heteroatoms. The summed E-state index contributed by atoms with van der Waals surface area (Å²) in [6.07, 6.45) is 1.07. The summed E-state index contributed by atoms with van der Waals surface area (Å²) in [7, 11) is 0. The third kappa shape index (κ3) is 7.79. The number of nitrogens with one attached hydrogen (secondary N) is 1. The van der Waals surface area contributed by atoms with E-state index in [0.29, 0.717) is 19.1 Å². The van der Waals surface area contributed by atoms with Crippen LogP contribution < -0.4 is 14.8 Å². The van der Waals surface area contributed by atoms with E-state index < -0.39 is 0 Å². The maximum atomic E-state index is 5.83. The summed E-state index contributed by atoms with van der Waals surface area (Å²) in [4.78, 5) is 0. The van der Waals surface area contributed by atoms with E-state index in [0.717, 1.165) is 43.4 Å². The van der Waals surface area contributed by atoms with Crippen LogP contribution in [0.4, 0.5) is 5.69 Å². The lowest BCUT2D eigenvalue weighted by Crippen LogP contribution is -2.06. The van der Waals surface area contributed by atoms with Crippen molar-refractivity contribution in [3.63, 3.8) is 0 Å². The predicted molar refractivity (Wildman–Crippen MR) is 107 cm³/mol. The van der Waals surface area contributed by atoms with E-state index >= 15 is 0 Å². The molecule has 0 heterocycles. The summed E-state index contributed by atoms with van der Waals surface area (Å²) >= 11 is 0. The first-order valence-electron chi connectivity index (χ1n) is 9.43. The molecule has 0 atom stereocenters. The van der Waals surface area contributed by atoms with Crippen LogP contribution >= 0.6 is 0 Å². The molecule has 26 heavy (non-hydrogen) atoms. The van der Waals surface area contributed by atoms with E-state index in [9.17, 15) is 0 Å². The van der Waals surface area contributed by atoms with Gasteiger partial charge in [0.15, 0.2) is 0 Å². The van der Waals surface area contributed by atoms with Gasteiger partial charge in [-0.15, -0.1) is 0 Å². The van der Waals surface area contributed by atoms with E-state index in [2.05, 4.69) is 31.3 Å². The maximum Gasteiger partial charge on any atom is 0.119 e. The molecule has 4 nitrogen and oxygen atoms in total. The molecular weight excluding hydrogens is 326 g/mol. The molecule has 0 unspecified atom stereocenters. The summed E-state index contributed by atoms with van der Waals surface area (Å²) in [5, 5.41) is 3.43. The Morgan fingerprint density at radius 1 is 0.885 bits per heavy atom. The second-order valence-electron chi connectivity index (χ2n) is 6.60. The van der Waals surface area contributed by atoms with Crippen molar-refractivity contribution in [1.82, 2.24) is 0 Å². The lowest BCUT2D eigenvalue weighted by atomic mass is 10.1. The van der Waals surface area contributed by atoms with Crippen molar-refractivity contribution in [2.24, 2.45) is 5.92 Å². The van der Waals surface area contributed by atoms with E-state index in [1.54, 1.807) is 0 Å². The minimum Gasteiger partial charge on any atom is -0.494 e. The summed E-state index contributed by atoms with van der Waals surface area (Å²) in [5.74, 6) is 2.45. The van der Waals surface area contributed by atoms with Crippen LogP contribution in [0.5, 0.6) is 11.5 Å². The van der Waals surface area contributed by atoms with E-state index in [1.807, 2.05) is 43.3 Å². The molecule has 0 aliphatic carbocycles. The first kappa shape index (κ1) is 20.1. The molecule has 0 aliphatic heterocycles. The first-order chi connectivity index (χ1) is 12.7. The van der Waals surface area contributed by atoms with E-state index in [1.165, 1.54) is 5.56 Å². The van der Waals surface area contributed by atoms with Crippen LogP contribution in [0.2, 0.25) is 0 Å². The highest BCUT2D eigenvalue weighted by molar-refractivity contribution is 5.47. The molecule has 0 bridgehead atoms. The maximum absolute atomic E-state index is 5.83. The largest absolute Gasteiger partial charge is 0.494 e. The van der Waals surface area contributed by atoms with Gasteiger partial charge in [-0.25, -0.2) is 0 Å². The fourth-order valence-electron chi connectivity index (χ4n) is 2.39. The molecule has 0 amide bonds. The smallest absolute Gasteiger partial charge is 0.119 e. The van der Waals surface area contributed by atoms with Crippen molar-refractivity contribution >= 4 is 5.69 Å². The molecular formula is C22H31NO3. The number of rotatable bonds is 12. The van der Waals surface area contributed by atoms with Crippen molar-refractivity contribution in [1.29, 1.82) is 0 Å². The quantitative estimate of drug-likeness (QED) is 0.534. The predicted octanol–water partition coefficient (Wildman–Crippen LogP) is 5.14. The van der Waals surface area contributed by atoms with Crippen LogP contribution in [0.25, 0.3) is 0 Å². The fourth-order valence-corrected chi connectivity index (χ4v) is 2.39. The summed E-state index contributed by atoms with van der Waals surface area (Å²) in [5.41, 5.74) is 2.26. The zero-order valence-electron chi connectivity index (χ0n) is 16.2. The Morgan fingerprint density at radius 3 is 2.38 bits per heavy atom. The molecule has 0 saturated heterocycles. The number of hydrogen-bond donors (Lipinski definition) is 1. The Balaban J connectivity index is 1.77. The van der Waals surface area contributed by atoms with Gasteiger partial charge >= 0.3 is 0 Å². The van der Waals surface area contributed by atoms with E-state index in [-0.39, 0.29) is 0 Å². The standard InChI is InChI=1S/C22H31NO3/c1-4-24-14-15-26-21-10-8-20(9-11-21)23-17-19-6-5-7-22(16-19)25-13-12-18(2)3/h5-11,16,18,23H,4,12-15,17H2,1-3H3. The summed E-state index contributed by atoms with van der Waals surface area (Å²) < 4.78 is 16.7. The third-order valence-corrected chi connectivity index (χ3v) is 3.91. The van der Waals surface area contributed by atoms with Crippen molar-refractivity contribution in [3.05, 3.63) is 54.1 Å². The van der Waals surface area contributed by atoms with Gasteiger partial charge in [-0.1, -0.05) is 26.0 Å². The Labute approximate surface area is 157 Å². The minimum atomic E-state index is 0.574. The molecule has 0 spiro atoms. The number of benzene rings is 2. The van der Waals surface area contributed by atoms with Crippen LogP contribution in [0, 0.1) is 5.92 Å². The van der Waals surface area contributed by atoms with Crippen LogP contribution in [-0.4, -0.2) is 26.4 Å². The number of hydrogen-bond acceptors (Lipinski definition) is 4. The molecule has 1 N–H and O–H groups in total. The Kier molecular flexibility index (Phi) is 8.84. The average molecular weight is 357 g/mol. The highest BCUT2D eigenvalue weighted by Gasteiger charge is 2.00. The second-order valence-corrected chi connectivity index (χ2v) is 6.60. The second kappa shape index (κ2) is 11.4. The Bertz CT molecular complexity index is 626. The first-order valence-corrected chi connectivity index (χ1v) is 9.43. The van der Waals surface area contributed by atoms with Crippen LogP contribution in [0.3, 0.4) is 0 Å². The van der Waals surface area contributed by atoms with Crippen molar-refractivity contribution < 1.29 is 14.2 Å². The molecule has 0 aromatic heterocycles. The van der Waals surface area contributed by atoms with Gasteiger partial charge < -0.3 is 19.5 Å². The highest BCUT2D eigenvalue weighted by atomic mass is 16.5. The molecule has 2 rings (SSSR count). The number of ether oxygens (including phenoxy) is 3. The molecule has 0 saturated carbocycles. The average Bonchev–Trinajstić information content (AvgIpc) is 2.65. The molecule has 0 radical (unpaired) electrons. The Hall–Kier alpha value is -2.20. The normalized spacial score (nSPS) is 10.8. The van der Waals surface area contributed by atoms with Crippen LogP contribution in [-0.2, 0) is 11.3 Å². The van der Waals surface area contributed by atoms with Crippen molar-refractivity contribution in [3.8, 4) is 11.5 Å². The lowest BCUT2D eigenvalue weighted by molar-refractivity contribution is 0.110. The van der Waals surface area contributed by atoms with Gasteiger partial charge in [0.1, 0.15) is 18.1 Å².